The summed E-state index contributed by atoms with van der Waals surface area (Å²) >= 11 is 4.87. The first-order valence-electron chi connectivity index (χ1n) is 5.27. The molecule has 0 atom stereocenters. The van der Waals surface area contributed by atoms with E-state index < -0.39 is 0 Å². The number of pyridine rings is 1. The molecule has 0 aliphatic heterocycles. The molecule has 0 unspecified atom stereocenters. The van der Waals surface area contributed by atoms with Gasteiger partial charge in [0.15, 0.2) is 5.75 Å². The van der Waals surface area contributed by atoms with Crippen molar-refractivity contribution in [2.45, 2.75) is 6.92 Å². The average molecular weight is 262 g/mol. The molecule has 1 heterocycles. The van der Waals surface area contributed by atoms with Crippen LogP contribution in [0.1, 0.15) is 11.3 Å². The number of nitrogens with two attached hydrogens (primary N) is 1. The van der Waals surface area contributed by atoms with Crippen LogP contribution in [0.3, 0.4) is 0 Å². The Morgan fingerprint density at radius 1 is 1.39 bits per heavy atom. The van der Waals surface area contributed by atoms with E-state index in [2.05, 4.69) is 4.98 Å². The Bertz CT molecular complexity index is 601. The van der Waals surface area contributed by atoms with Crippen LogP contribution in [-0.4, -0.2) is 9.97 Å². The van der Waals surface area contributed by atoms with E-state index in [-0.39, 0.29) is 10.8 Å². The van der Waals surface area contributed by atoms with Crippen molar-refractivity contribution in [3.8, 4) is 11.5 Å². The molecule has 0 saturated carbocycles. The molecule has 2 rings (SSSR count). The Hall–Kier alpha value is -2.01. The molecular weight excluding hydrogens is 251 g/mol. The molecule has 5 heteroatoms. The number of nitrogens with zero attached hydrogens (tertiary/aromatic N) is 1. The molecule has 0 aliphatic carbocycles. The highest BCUT2D eigenvalue weighted by Gasteiger charge is 2.09. The van der Waals surface area contributed by atoms with Gasteiger partial charge in [0, 0.05) is 12.3 Å². The first-order valence-corrected chi connectivity index (χ1v) is 5.67. The van der Waals surface area contributed by atoms with Gasteiger partial charge in [0.25, 0.3) is 0 Å². The maximum Gasteiger partial charge on any atom is 0.156 e. The van der Waals surface area contributed by atoms with Crippen molar-refractivity contribution in [3.05, 3.63) is 53.6 Å². The summed E-state index contributed by atoms with van der Waals surface area (Å²) in [5, 5.41) is 0. The van der Waals surface area contributed by atoms with Crippen LogP contribution in [0.4, 0.5) is 4.39 Å². The molecule has 1 aromatic heterocycles. The van der Waals surface area contributed by atoms with Gasteiger partial charge in [0.2, 0.25) is 0 Å². The monoisotopic (exact) mass is 262 g/mol. The minimum atomic E-state index is -0.326. The fourth-order valence-electron chi connectivity index (χ4n) is 1.42. The Morgan fingerprint density at radius 2 is 2.17 bits per heavy atom. The van der Waals surface area contributed by atoms with Crippen LogP contribution in [0.25, 0.3) is 0 Å². The third kappa shape index (κ3) is 2.62. The molecule has 0 saturated heterocycles. The van der Waals surface area contributed by atoms with Crippen LogP contribution in [-0.2, 0) is 0 Å². The van der Waals surface area contributed by atoms with Gasteiger partial charge in [-0.25, -0.2) is 9.37 Å². The molecule has 0 radical (unpaired) electrons. The van der Waals surface area contributed by atoms with E-state index in [1.54, 1.807) is 37.4 Å². The van der Waals surface area contributed by atoms with Gasteiger partial charge >= 0.3 is 0 Å². The lowest BCUT2D eigenvalue weighted by molar-refractivity contribution is 0.473. The van der Waals surface area contributed by atoms with E-state index in [4.69, 9.17) is 22.7 Å². The van der Waals surface area contributed by atoms with Gasteiger partial charge in [-0.1, -0.05) is 18.3 Å². The topological polar surface area (TPSA) is 48.1 Å². The fourth-order valence-corrected chi connectivity index (χ4v) is 1.58. The van der Waals surface area contributed by atoms with Crippen LogP contribution in [0.5, 0.6) is 11.5 Å². The van der Waals surface area contributed by atoms with Crippen LogP contribution in [0, 0.1) is 12.7 Å². The number of thiocarbonyl (C=S) groups is 1. The number of aryl methyl sites for hydroxylation is 1. The highest BCUT2D eigenvalue weighted by atomic mass is 32.1. The van der Waals surface area contributed by atoms with Crippen molar-refractivity contribution >= 4 is 17.2 Å². The smallest absolute Gasteiger partial charge is 0.156 e. The third-order valence-corrected chi connectivity index (χ3v) is 2.57. The highest BCUT2D eigenvalue weighted by molar-refractivity contribution is 7.80. The van der Waals surface area contributed by atoms with Crippen molar-refractivity contribution in [2.24, 2.45) is 5.73 Å². The summed E-state index contributed by atoms with van der Waals surface area (Å²) in [6.07, 6.45) is 1.57. The van der Waals surface area contributed by atoms with Crippen LogP contribution in [0.15, 0.2) is 36.5 Å². The van der Waals surface area contributed by atoms with E-state index in [1.807, 2.05) is 0 Å². The predicted molar refractivity (Wildman–Crippen MR) is 71.3 cm³/mol. The number of hydrogen-bond donors (Lipinski definition) is 1. The zero-order chi connectivity index (χ0) is 13.1. The molecule has 0 spiro atoms. The maximum atomic E-state index is 13.4. The van der Waals surface area contributed by atoms with Crippen LogP contribution < -0.4 is 10.5 Å². The van der Waals surface area contributed by atoms with Gasteiger partial charge < -0.3 is 10.5 Å². The standard InChI is InChI=1S/C13H11FN2OS/c1-8-4-5-9(7-10(8)14)17-11-3-2-6-16-12(11)13(15)18/h2-7H,1H3,(H2,15,18). The molecule has 3 nitrogen and oxygen atoms in total. The second kappa shape index (κ2) is 5.10. The molecule has 0 bridgehead atoms. The highest BCUT2D eigenvalue weighted by Crippen LogP contribution is 2.25. The van der Waals surface area contributed by atoms with Gasteiger partial charge in [-0.2, -0.15) is 0 Å². The van der Waals surface area contributed by atoms with Gasteiger partial charge in [-0.3, -0.25) is 0 Å². The minimum Gasteiger partial charge on any atom is -0.455 e. The van der Waals surface area contributed by atoms with Crippen LogP contribution in [0.2, 0.25) is 0 Å². The lowest BCUT2D eigenvalue weighted by Crippen LogP contribution is -2.12. The van der Waals surface area contributed by atoms with E-state index in [0.717, 1.165) is 0 Å². The predicted octanol–water partition coefficient (Wildman–Crippen LogP) is 2.96. The van der Waals surface area contributed by atoms with Crippen molar-refractivity contribution in [1.82, 2.24) is 4.98 Å². The maximum absolute atomic E-state index is 13.4. The number of halogens is 1. The third-order valence-electron chi connectivity index (χ3n) is 2.38. The molecule has 2 aromatic rings. The average Bonchev–Trinajstić information content (AvgIpc) is 2.34. The molecule has 92 valence electrons. The van der Waals surface area contributed by atoms with Gasteiger partial charge in [-0.15, -0.1) is 0 Å². The first-order chi connectivity index (χ1) is 8.58. The van der Waals surface area contributed by atoms with E-state index in [0.29, 0.717) is 22.8 Å². The molecule has 0 amide bonds. The summed E-state index contributed by atoms with van der Waals surface area (Å²) in [5.41, 5.74) is 6.48. The van der Waals surface area contributed by atoms with Gasteiger partial charge in [0.1, 0.15) is 22.2 Å². The number of aromatic nitrogens is 1. The normalized spacial score (nSPS) is 10.1. The van der Waals surface area contributed by atoms with E-state index in [9.17, 15) is 4.39 Å². The second-order valence-electron chi connectivity index (χ2n) is 3.73. The summed E-state index contributed by atoms with van der Waals surface area (Å²) in [7, 11) is 0. The Balaban J connectivity index is 2.34. The minimum absolute atomic E-state index is 0.137. The second-order valence-corrected chi connectivity index (χ2v) is 4.17. The molecular formula is C13H11FN2OS. The lowest BCUT2D eigenvalue weighted by atomic mass is 10.2. The number of rotatable bonds is 3. The van der Waals surface area contributed by atoms with Crippen molar-refractivity contribution in [2.75, 3.05) is 0 Å². The van der Waals surface area contributed by atoms with Crippen LogP contribution >= 0.6 is 12.2 Å². The van der Waals surface area contributed by atoms with Gasteiger partial charge in [0.05, 0.1) is 0 Å². The summed E-state index contributed by atoms with van der Waals surface area (Å²) in [6, 6.07) is 8.00. The first kappa shape index (κ1) is 12.4. The Labute approximate surface area is 109 Å². The summed E-state index contributed by atoms with van der Waals surface area (Å²) in [5.74, 6) is 0.463. The molecule has 2 N–H and O–H groups in total. The summed E-state index contributed by atoms with van der Waals surface area (Å²) in [4.78, 5) is 4.17. The van der Waals surface area contributed by atoms with Crippen molar-refractivity contribution in [3.63, 3.8) is 0 Å². The molecule has 0 fully saturated rings. The summed E-state index contributed by atoms with van der Waals surface area (Å²) < 4.78 is 18.9. The Morgan fingerprint density at radius 3 is 2.83 bits per heavy atom. The SMILES string of the molecule is Cc1ccc(Oc2cccnc2C(N)=S)cc1F. The molecule has 18 heavy (non-hydrogen) atoms. The van der Waals surface area contributed by atoms with E-state index in [1.165, 1.54) is 6.07 Å². The number of benzene rings is 1. The number of ether oxygens (including phenoxy) is 1. The quantitative estimate of drug-likeness (QED) is 0.864. The largest absolute Gasteiger partial charge is 0.455 e. The fraction of sp³-hybridized carbons (Fsp3) is 0.0769. The summed E-state index contributed by atoms with van der Waals surface area (Å²) in [6.45, 7) is 1.68. The zero-order valence-corrected chi connectivity index (χ0v) is 10.5. The number of hydrogen-bond acceptors (Lipinski definition) is 3. The lowest BCUT2D eigenvalue weighted by Gasteiger charge is -2.09. The Kier molecular flexibility index (Phi) is 3.53. The van der Waals surface area contributed by atoms with Crippen molar-refractivity contribution in [1.29, 1.82) is 0 Å². The van der Waals surface area contributed by atoms with E-state index >= 15 is 0 Å². The molecule has 0 aliphatic rings. The molecule has 1 aromatic carbocycles. The van der Waals surface area contributed by atoms with Crippen molar-refractivity contribution < 1.29 is 9.13 Å². The van der Waals surface area contributed by atoms with Gasteiger partial charge in [-0.05, 0) is 30.7 Å². The zero-order valence-electron chi connectivity index (χ0n) is 9.68.